The lowest BCUT2D eigenvalue weighted by molar-refractivity contribution is 0.146. The number of hydrogen-bond acceptors (Lipinski definition) is 5. The Morgan fingerprint density at radius 2 is 1.95 bits per heavy atom. The number of nitrogens with one attached hydrogen (secondary N) is 1. The number of hydrogen-bond donors (Lipinski definition) is 1. The molecule has 0 radical (unpaired) electrons. The van der Waals surface area contributed by atoms with Gasteiger partial charge in [0.2, 0.25) is 0 Å². The maximum Gasteiger partial charge on any atom is 0.142 e. The van der Waals surface area contributed by atoms with E-state index in [1.807, 2.05) is 25.1 Å². The molecule has 0 saturated heterocycles. The molecule has 0 saturated carbocycles. The first kappa shape index (κ1) is 14.3. The number of rotatable bonds is 7. The molecule has 2 aromatic rings. The van der Waals surface area contributed by atoms with Crippen molar-refractivity contribution < 1.29 is 9.47 Å². The molecule has 0 aliphatic heterocycles. The summed E-state index contributed by atoms with van der Waals surface area (Å²) in [6, 6.07) is 6.08. The van der Waals surface area contributed by atoms with Gasteiger partial charge in [0.25, 0.3) is 0 Å². The Hall–Kier alpha value is -2.14. The van der Waals surface area contributed by atoms with Crippen molar-refractivity contribution in [2.45, 2.75) is 13.5 Å². The molecule has 0 aliphatic carbocycles. The van der Waals surface area contributed by atoms with Crippen LogP contribution in [0.3, 0.4) is 0 Å². The SMILES string of the molecule is COCCOc1cc(C)ccc1NCc1cncnc1. The summed E-state index contributed by atoms with van der Waals surface area (Å²) in [5.41, 5.74) is 3.14. The largest absolute Gasteiger partial charge is 0.489 e. The summed E-state index contributed by atoms with van der Waals surface area (Å²) in [6.45, 7) is 3.80. The van der Waals surface area contributed by atoms with Crippen molar-refractivity contribution in [2.24, 2.45) is 0 Å². The standard InChI is InChI=1S/C15H19N3O2/c1-12-3-4-14(15(7-12)20-6-5-19-2)18-10-13-8-16-11-17-9-13/h3-4,7-9,11,18H,5-6,10H2,1-2H3. The van der Waals surface area contributed by atoms with Crippen LogP contribution in [0.5, 0.6) is 5.75 Å². The van der Waals surface area contributed by atoms with Crippen LogP contribution in [-0.4, -0.2) is 30.3 Å². The van der Waals surface area contributed by atoms with Gasteiger partial charge in [-0.15, -0.1) is 0 Å². The van der Waals surface area contributed by atoms with E-state index < -0.39 is 0 Å². The van der Waals surface area contributed by atoms with Crippen LogP contribution in [-0.2, 0) is 11.3 Å². The predicted molar refractivity (Wildman–Crippen MR) is 77.9 cm³/mol. The van der Waals surface area contributed by atoms with E-state index in [9.17, 15) is 0 Å². The summed E-state index contributed by atoms with van der Waals surface area (Å²) in [4.78, 5) is 7.99. The van der Waals surface area contributed by atoms with Crippen LogP contribution in [0.15, 0.2) is 36.9 Å². The van der Waals surface area contributed by atoms with E-state index in [2.05, 4.69) is 15.3 Å². The fraction of sp³-hybridized carbons (Fsp3) is 0.333. The molecule has 5 nitrogen and oxygen atoms in total. The summed E-state index contributed by atoms with van der Waals surface area (Å²) in [5, 5.41) is 3.34. The van der Waals surface area contributed by atoms with Crippen molar-refractivity contribution in [3.63, 3.8) is 0 Å². The van der Waals surface area contributed by atoms with Crippen molar-refractivity contribution >= 4 is 5.69 Å². The van der Waals surface area contributed by atoms with Crippen LogP contribution in [0.4, 0.5) is 5.69 Å². The highest BCUT2D eigenvalue weighted by atomic mass is 16.5. The second-order valence-electron chi connectivity index (χ2n) is 4.44. The first-order valence-electron chi connectivity index (χ1n) is 6.50. The van der Waals surface area contributed by atoms with E-state index in [-0.39, 0.29) is 0 Å². The molecule has 2 rings (SSSR count). The fourth-order valence-corrected chi connectivity index (χ4v) is 1.75. The Labute approximate surface area is 119 Å². The van der Waals surface area contributed by atoms with Crippen LogP contribution in [0.25, 0.3) is 0 Å². The molecule has 1 heterocycles. The van der Waals surface area contributed by atoms with E-state index in [1.54, 1.807) is 19.5 Å². The summed E-state index contributed by atoms with van der Waals surface area (Å²) >= 11 is 0. The van der Waals surface area contributed by atoms with Crippen LogP contribution in [0.1, 0.15) is 11.1 Å². The van der Waals surface area contributed by atoms with Crippen molar-refractivity contribution in [3.05, 3.63) is 48.0 Å². The van der Waals surface area contributed by atoms with Gasteiger partial charge >= 0.3 is 0 Å². The van der Waals surface area contributed by atoms with Gasteiger partial charge in [0.05, 0.1) is 12.3 Å². The third-order valence-electron chi connectivity index (χ3n) is 2.78. The molecule has 0 amide bonds. The van der Waals surface area contributed by atoms with Gasteiger partial charge in [-0.2, -0.15) is 0 Å². The minimum absolute atomic E-state index is 0.531. The molecule has 1 N–H and O–H groups in total. The van der Waals surface area contributed by atoms with E-state index in [0.717, 1.165) is 22.6 Å². The molecule has 0 aliphatic rings. The predicted octanol–water partition coefficient (Wildman–Crippen LogP) is 2.42. The molecule has 0 spiro atoms. The maximum atomic E-state index is 5.73. The number of nitrogens with zero attached hydrogens (tertiary/aromatic N) is 2. The Morgan fingerprint density at radius 3 is 2.70 bits per heavy atom. The average molecular weight is 273 g/mol. The third-order valence-corrected chi connectivity index (χ3v) is 2.78. The maximum absolute atomic E-state index is 5.73. The molecule has 0 bridgehead atoms. The Bertz CT molecular complexity index is 532. The first-order valence-corrected chi connectivity index (χ1v) is 6.50. The number of aromatic nitrogens is 2. The molecular formula is C15H19N3O2. The first-order chi connectivity index (χ1) is 9.79. The van der Waals surface area contributed by atoms with Gasteiger partial charge in [0.15, 0.2) is 0 Å². The van der Waals surface area contributed by atoms with Gasteiger partial charge in [-0.05, 0) is 24.6 Å². The molecule has 1 aromatic heterocycles. The monoisotopic (exact) mass is 273 g/mol. The highest BCUT2D eigenvalue weighted by molar-refractivity contribution is 5.57. The normalized spacial score (nSPS) is 10.3. The van der Waals surface area contributed by atoms with Crippen LogP contribution < -0.4 is 10.1 Å². The van der Waals surface area contributed by atoms with Crippen LogP contribution in [0, 0.1) is 6.92 Å². The highest BCUT2D eigenvalue weighted by Crippen LogP contribution is 2.26. The fourth-order valence-electron chi connectivity index (χ4n) is 1.75. The molecule has 1 aromatic carbocycles. The third kappa shape index (κ3) is 4.20. The van der Waals surface area contributed by atoms with Gasteiger partial charge in [-0.3, -0.25) is 0 Å². The minimum atomic E-state index is 0.531. The summed E-state index contributed by atoms with van der Waals surface area (Å²) in [6.07, 6.45) is 5.11. The van der Waals surface area contributed by atoms with E-state index in [1.165, 1.54) is 6.33 Å². The lowest BCUT2D eigenvalue weighted by atomic mass is 10.2. The topological polar surface area (TPSA) is 56.3 Å². The van der Waals surface area contributed by atoms with Gasteiger partial charge in [0.1, 0.15) is 18.7 Å². The van der Waals surface area contributed by atoms with Gasteiger partial charge < -0.3 is 14.8 Å². The van der Waals surface area contributed by atoms with E-state index in [4.69, 9.17) is 9.47 Å². The van der Waals surface area contributed by atoms with Gasteiger partial charge in [-0.25, -0.2) is 9.97 Å². The number of ether oxygens (including phenoxy) is 2. The van der Waals surface area contributed by atoms with Crippen molar-refractivity contribution in [2.75, 3.05) is 25.6 Å². The Morgan fingerprint density at radius 1 is 1.15 bits per heavy atom. The summed E-state index contributed by atoms with van der Waals surface area (Å²) in [7, 11) is 1.66. The zero-order chi connectivity index (χ0) is 14.2. The molecule has 0 fully saturated rings. The average Bonchev–Trinajstić information content (AvgIpc) is 2.48. The van der Waals surface area contributed by atoms with E-state index >= 15 is 0 Å². The van der Waals surface area contributed by atoms with Crippen LogP contribution >= 0.6 is 0 Å². The second kappa shape index (κ2) is 7.45. The van der Waals surface area contributed by atoms with Crippen molar-refractivity contribution in [1.82, 2.24) is 9.97 Å². The Balaban J connectivity index is 2.02. The zero-order valence-corrected chi connectivity index (χ0v) is 11.8. The summed E-state index contributed by atoms with van der Waals surface area (Å²) < 4.78 is 10.7. The molecule has 106 valence electrons. The lowest BCUT2D eigenvalue weighted by Crippen LogP contribution is -2.07. The zero-order valence-electron chi connectivity index (χ0n) is 11.8. The molecule has 0 unspecified atom stereocenters. The smallest absolute Gasteiger partial charge is 0.142 e. The quantitative estimate of drug-likeness (QED) is 0.785. The molecular weight excluding hydrogens is 254 g/mol. The molecule has 5 heteroatoms. The minimum Gasteiger partial charge on any atom is -0.489 e. The van der Waals surface area contributed by atoms with Crippen LogP contribution in [0.2, 0.25) is 0 Å². The van der Waals surface area contributed by atoms with Gasteiger partial charge in [-0.1, -0.05) is 6.07 Å². The highest BCUT2D eigenvalue weighted by Gasteiger charge is 2.04. The second-order valence-corrected chi connectivity index (χ2v) is 4.44. The number of aryl methyl sites for hydroxylation is 1. The number of methoxy groups -OCH3 is 1. The Kier molecular flexibility index (Phi) is 5.32. The van der Waals surface area contributed by atoms with Crippen molar-refractivity contribution in [1.29, 1.82) is 0 Å². The summed E-state index contributed by atoms with van der Waals surface area (Å²) in [5.74, 6) is 0.832. The molecule has 20 heavy (non-hydrogen) atoms. The lowest BCUT2D eigenvalue weighted by Gasteiger charge is -2.13. The molecule has 0 atom stereocenters. The number of benzene rings is 1. The van der Waals surface area contributed by atoms with Gasteiger partial charge in [0, 0.05) is 31.6 Å². The number of anilines is 1. The van der Waals surface area contributed by atoms with E-state index in [0.29, 0.717) is 19.8 Å². The van der Waals surface area contributed by atoms with Crippen molar-refractivity contribution in [3.8, 4) is 5.75 Å².